The minimum Gasteiger partial charge on any atom is -0.441 e. The summed E-state index contributed by atoms with van der Waals surface area (Å²) >= 11 is 3.29. The Bertz CT molecular complexity index is 623. The van der Waals surface area contributed by atoms with Gasteiger partial charge in [-0.2, -0.15) is 0 Å². The molecular weight excluding hydrogens is 372 g/mol. The van der Waals surface area contributed by atoms with E-state index in [0.717, 1.165) is 4.47 Å². The number of carbonyl (C=O) groups is 2. The predicted octanol–water partition coefficient (Wildman–Crippen LogP) is 4.03. The van der Waals surface area contributed by atoms with Crippen molar-refractivity contribution in [2.24, 2.45) is 0 Å². The molecule has 4 nitrogen and oxygen atoms in total. The van der Waals surface area contributed by atoms with Gasteiger partial charge < -0.3 is 4.74 Å². The number of rotatable bonds is 3. The number of carbonyl (C=O) groups excluding carboxylic acids is 2. The van der Waals surface area contributed by atoms with Crippen molar-refractivity contribution in [3.05, 3.63) is 34.3 Å². The molecule has 23 heavy (non-hydrogen) atoms. The van der Waals surface area contributed by atoms with Gasteiger partial charge in [-0.05, 0) is 25.0 Å². The Kier molecular flexibility index (Phi) is 4.16. The third-order valence-corrected chi connectivity index (χ3v) is 4.96. The molecular formula is C16H16BrF2NO3. The van der Waals surface area contributed by atoms with Gasteiger partial charge in [0.25, 0.3) is 0 Å². The predicted molar refractivity (Wildman–Crippen MR) is 82.7 cm³/mol. The highest BCUT2D eigenvalue weighted by Gasteiger charge is 2.51. The number of amides is 1. The maximum absolute atomic E-state index is 13.3. The lowest BCUT2D eigenvalue weighted by atomic mass is 9.83. The van der Waals surface area contributed by atoms with Crippen molar-refractivity contribution in [3.8, 4) is 0 Å². The van der Waals surface area contributed by atoms with Gasteiger partial charge in [-0.3, -0.25) is 9.69 Å². The third kappa shape index (κ3) is 3.54. The molecule has 1 aliphatic heterocycles. The summed E-state index contributed by atoms with van der Waals surface area (Å²) in [5, 5.41) is 0. The van der Waals surface area contributed by atoms with Crippen molar-refractivity contribution in [2.45, 2.75) is 37.2 Å². The van der Waals surface area contributed by atoms with Gasteiger partial charge in [-0.25, -0.2) is 13.6 Å². The van der Waals surface area contributed by atoms with Crippen LogP contribution in [0.5, 0.6) is 0 Å². The van der Waals surface area contributed by atoms with Crippen LogP contribution in [0.2, 0.25) is 0 Å². The quantitative estimate of drug-likeness (QED) is 0.735. The average molecular weight is 388 g/mol. The molecule has 1 spiro atoms. The molecule has 0 radical (unpaired) electrons. The minimum absolute atomic E-state index is 0.0986. The first-order chi connectivity index (χ1) is 10.8. The number of hydrogen-bond acceptors (Lipinski definition) is 3. The fourth-order valence-corrected chi connectivity index (χ4v) is 3.31. The number of alkyl halides is 2. The van der Waals surface area contributed by atoms with Crippen molar-refractivity contribution >= 4 is 27.8 Å². The summed E-state index contributed by atoms with van der Waals surface area (Å²) in [5.41, 5.74) is -0.365. The summed E-state index contributed by atoms with van der Waals surface area (Å²) in [7, 11) is 0. The largest absolute Gasteiger partial charge is 0.441 e. The summed E-state index contributed by atoms with van der Waals surface area (Å²) in [5.74, 6) is -2.88. The first-order valence-electron chi connectivity index (χ1n) is 7.43. The maximum Gasteiger partial charge on any atom is 0.410 e. The zero-order chi connectivity index (χ0) is 16.7. The van der Waals surface area contributed by atoms with Gasteiger partial charge in [-0.1, -0.05) is 28.1 Å². The van der Waals surface area contributed by atoms with Crippen molar-refractivity contribution < 1.29 is 23.1 Å². The normalized spacial score (nSPS) is 22.2. The fraction of sp³-hybridized carbons (Fsp3) is 0.500. The van der Waals surface area contributed by atoms with Crippen LogP contribution in [0.25, 0.3) is 0 Å². The third-order valence-electron chi connectivity index (χ3n) is 4.43. The number of ketones is 1. The average Bonchev–Trinajstić information content (AvgIpc) is 2.80. The summed E-state index contributed by atoms with van der Waals surface area (Å²) in [4.78, 5) is 25.5. The second-order valence-electron chi connectivity index (χ2n) is 6.19. The first kappa shape index (κ1) is 16.4. The smallest absolute Gasteiger partial charge is 0.410 e. The molecule has 7 heteroatoms. The molecule has 0 bridgehead atoms. The fourth-order valence-electron chi connectivity index (χ4n) is 3.05. The summed E-state index contributed by atoms with van der Waals surface area (Å²) in [6, 6.07) is 6.84. The maximum atomic E-state index is 13.3. The monoisotopic (exact) mass is 387 g/mol. The Balaban J connectivity index is 1.64. The molecule has 2 aliphatic rings. The second-order valence-corrected chi connectivity index (χ2v) is 7.11. The second kappa shape index (κ2) is 5.85. The van der Waals surface area contributed by atoms with E-state index in [4.69, 9.17) is 4.74 Å². The molecule has 1 aliphatic carbocycles. The molecule has 124 valence electrons. The molecule has 3 rings (SSSR count). The van der Waals surface area contributed by atoms with Crippen LogP contribution in [0.1, 0.15) is 36.0 Å². The van der Waals surface area contributed by atoms with Gasteiger partial charge in [0.15, 0.2) is 5.78 Å². The lowest BCUT2D eigenvalue weighted by Crippen LogP contribution is -2.42. The Hall–Kier alpha value is -1.50. The summed E-state index contributed by atoms with van der Waals surface area (Å²) in [6.45, 7) is 0.1000. The highest BCUT2D eigenvalue weighted by Crippen LogP contribution is 2.43. The number of hydrogen-bond donors (Lipinski definition) is 0. The summed E-state index contributed by atoms with van der Waals surface area (Å²) in [6.07, 6.45) is -0.895. The molecule has 2 fully saturated rings. The van der Waals surface area contributed by atoms with E-state index in [1.807, 2.05) is 0 Å². The van der Waals surface area contributed by atoms with E-state index in [0.29, 0.717) is 5.56 Å². The Morgan fingerprint density at radius 1 is 1.17 bits per heavy atom. The Morgan fingerprint density at radius 2 is 1.78 bits per heavy atom. The van der Waals surface area contributed by atoms with Crippen LogP contribution in [0.4, 0.5) is 13.6 Å². The molecule has 1 heterocycles. The number of ether oxygens (including phenoxy) is 1. The van der Waals surface area contributed by atoms with E-state index in [1.54, 1.807) is 24.3 Å². The van der Waals surface area contributed by atoms with Gasteiger partial charge in [0.1, 0.15) is 5.60 Å². The number of benzene rings is 1. The summed E-state index contributed by atoms with van der Waals surface area (Å²) < 4.78 is 32.8. The van der Waals surface area contributed by atoms with Gasteiger partial charge in [-0.15, -0.1) is 0 Å². The lowest BCUT2D eigenvalue weighted by Gasteiger charge is -2.34. The van der Waals surface area contributed by atoms with Crippen molar-refractivity contribution in [1.29, 1.82) is 0 Å². The Labute approximate surface area is 140 Å². The van der Waals surface area contributed by atoms with Crippen molar-refractivity contribution in [2.75, 3.05) is 13.1 Å². The molecule has 1 saturated heterocycles. The zero-order valence-corrected chi connectivity index (χ0v) is 13.9. The van der Waals surface area contributed by atoms with Gasteiger partial charge in [0, 0.05) is 22.9 Å². The highest BCUT2D eigenvalue weighted by atomic mass is 79.9. The number of halogens is 3. The van der Waals surface area contributed by atoms with E-state index in [1.165, 1.54) is 4.90 Å². The first-order valence-corrected chi connectivity index (χ1v) is 8.23. The van der Waals surface area contributed by atoms with Crippen LogP contribution in [-0.4, -0.2) is 41.4 Å². The van der Waals surface area contributed by atoms with Gasteiger partial charge in [0.05, 0.1) is 13.1 Å². The van der Waals surface area contributed by atoms with Gasteiger partial charge in [0.2, 0.25) is 5.92 Å². The molecule has 1 amide bonds. The number of Topliss-reactive ketones (excluding diaryl/α,β-unsaturated/α-hetero) is 1. The van der Waals surface area contributed by atoms with Crippen molar-refractivity contribution in [1.82, 2.24) is 4.90 Å². The van der Waals surface area contributed by atoms with E-state index >= 15 is 0 Å². The molecule has 0 atom stereocenters. The molecule has 1 aromatic rings. The van der Waals surface area contributed by atoms with Gasteiger partial charge >= 0.3 is 6.09 Å². The topological polar surface area (TPSA) is 46.6 Å². The van der Waals surface area contributed by atoms with Crippen LogP contribution in [0, 0.1) is 0 Å². The van der Waals surface area contributed by atoms with E-state index in [2.05, 4.69) is 15.9 Å². The Morgan fingerprint density at radius 3 is 2.39 bits per heavy atom. The van der Waals surface area contributed by atoms with Crippen LogP contribution < -0.4 is 0 Å². The van der Waals surface area contributed by atoms with E-state index in [-0.39, 0.29) is 44.6 Å². The van der Waals surface area contributed by atoms with E-state index < -0.39 is 17.6 Å². The highest BCUT2D eigenvalue weighted by molar-refractivity contribution is 9.10. The van der Waals surface area contributed by atoms with Crippen molar-refractivity contribution in [3.63, 3.8) is 0 Å². The van der Waals surface area contributed by atoms with E-state index in [9.17, 15) is 18.4 Å². The van der Waals surface area contributed by atoms with Crippen LogP contribution in [0.15, 0.2) is 28.7 Å². The molecule has 0 unspecified atom stereocenters. The van der Waals surface area contributed by atoms with Crippen LogP contribution in [-0.2, 0) is 4.74 Å². The number of nitrogens with zero attached hydrogens (tertiary/aromatic N) is 1. The lowest BCUT2D eigenvalue weighted by molar-refractivity contribution is -0.0910. The SMILES string of the molecule is O=C(CN1CC2(CCC(F)(F)CC2)OC1=O)c1ccc(Br)cc1. The molecule has 0 aromatic heterocycles. The van der Waals surface area contributed by atoms with Crippen LogP contribution >= 0.6 is 15.9 Å². The standard InChI is InChI=1S/C16H16BrF2NO3/c17-12-3-1-11(2-4-12)13(21)9-20-10-15(23-14(20)22)5-7-16(18,19)8-6-15/h1-4H,5-10H2. The minimum atomic E-state index is -2.68. The molecule has 0 N–H and O–H groups in total. The molecule has 1 saturated carbocycles. The molecule has 1 aromatic carbocycles. The van der Waals surface area contributed by atoms with Crippen LogP contribution in [0.3, 0.4) is 0 Å². The zero-order valence-electron chi connectivity index (χ0n) is 12.4.